The van der Waals surface area contributed by atoms with Crippen molar-refractivity contribution in [3.05, 3.63) is 114 Å². The van der Waals surface area contributed by atoms with Crippen LogP contribution in [-0.4, -0.2) is 16.8 Å². The third-order valence-corrected chi connectivity index (χ3v) is 6.56. The normalized spacial score (nSPS) is 11.2. The number of hydrogen-bond acceptors (Lipinski definition) is 4. The molecule has 0 aliphatic heterocycles. The Bertz CT molecular complexity index is 1630. The first-order valence-corrected chi connectivity index (χ1v) is 13.1. The lowest BCUT2D eigenvalue weighted by Gasteiger charge is -2.18. The molecule has 4 aromatic carbocycles. The summed E-state index contributed by atoms with van der Waals surface area (Å²) in [5.41, 5.74) is 6.28. The van der Waals surface area contributed by atoms with Crippen molar-refractivity contribution in [2.24, 2.45) is 0 Å². The SMILES string of the molecule is CC(=O)Nc1ccc(-c2oc(-c3ccc(C(C)(C)C)cc3)nc2C(=O)Nc2ccc(-c3ccccc3)cc2)cc1. The maximum absolute atomic E-state index is 13.5. The Balaban J connectivity index is 1.47. The van der Waals surface area contributed by atoms with Crippen molar-refractivity contribution in [3.63, 3.8) is 0 Å². The van der Waals surface area contributed by atoms with Crippen LogP contribution in [0.3, 0.4) is 0 Å². The van der Waals surface area contributed by atoms with E-state index in [-0.39, 0.29) is 22.9 Å². The molecule has 200 valence electrons. The number of rotatable bonds is 6. The van der Waals surface area contributed by atoms with Gasteiger partial charge < -0.3 is 15.1 Å². The van der Waals surface area contributed by atoms with Crippen molar-refractivity contribution in [1.82, 2.24) is 4.98 Å². The molecule has 0 atom stereocenters. The number of hydrogen-bond donors (Lipinski definition) is 2. The van der Waals surface area contributed by atoms with Crippen LogP contribution in [0, 0.1) is 0 Å². The number of nitrogens with one attached hydrogen (secondary N) is 2. The molecule has 0 radical (unpaired) electrons. The van der Waals surface area contributed by atoms with E-state index in [2.05, 4.69) is 48.5 Å². The molecule has 0 unspecified atom stereocenters. The van der Waals surface area contributed by atoms with Crippen molar-refractivity contribution >= 4 is 23.2 Å². The second-order valence-electron chi connectivity index (χ2n) is 10.7. The molecule has 1 aromatic heterocycles. The fraction of sp³-hybridized carbons (Fsp3) is 0.147. The largest absolute Gasteiger partial charge is 0.435 e. The summed E-state index contributed by atoms with van der Waals surface area (Å²) >= 11 is 0. The number of carbonyl (C=O) groups excluding carboxylic acids is 2. The number of nitrogens with zero attached hydrogens (tertiary/aromatic N) is 1. The average Bonchev–Trinajstić information content (AvgIpc) is 3.39. The van der Waals surface area contributed by atoms with E-state index < -0.39 is 0 Å². The first-order valence-electron chi connectivity index (χ1n) is 13.1. The van der Waals surface area contributed by atoms with E-state index in [1.807, 2.05) is 66.7 Å². The number of carbonyl (C=O) groups is 2. The van der Waals surface area contributed by atoms with Gasteiger partial charge in [0.25, 0.3) is 5.91 Å². The zero-order valence-electron chi connectivity index (χ0n) is 23.0. The van der Waals surface area contributed by atoms with Crippen LogP contribution in [0.25, 0.3) is 33.9 Å². The molecule has 5 aromatic rings. The second-order valence-corrected chi connectivity index (χ2v) is 10.7. The summed E-state index contributed by atoms with van der Waals surface area (Å²) in [6.45, 7) is 7.93. The van der Waals surface area contributed by atoms with Gasteiger partial charge in [0.05, 0.1) is 0 Å². The Hall–Kier alpha value is -4.97. The second kappa shape index (κ2) is 11.0. The predicted molar refractivity (Wildman–Crippen MR) is 160 cm³/mol. The fourth-order valence-corrected chi connectivity index (χ4v) is 4.38. The maximum atomic E-state index is 13.5. The van der Waals surface area contributed by atoms with Gasteiger partial charge in [0.2, 0.25) is 11.8 Å². The van der Waals surface area contributed by atoms with Gasteiger partial charge >= 0.3 is 0 Å². The molecule has 0 saturated heterocycles. The van der Waals surface area contributed by atoms with Crippen molar-refractivity contribution in [2.45, 2.75) is 33.1 Å². The molecule has 1 heterocycles. The van der Waals surface area contributed by atoms with Gasteiger partial charge in [0, 0.05) is 29.4 Å². The van der Waals surface area contributed by atoms with Crippen LogP contribution in [0.5, 0.6) is 0 Å². The molecule has 6 nitrogen and oxygen atoms in total. The Morgan fingerprint density at radius 1 is 0.650 bits per heavy atom. The van der Waals surface area contributed by atoms with E-state index in [4.69, 9.17) is 4.42 Å². The van der Waals surface area contributed by atoms with Crippen LogP contribution in [0.2, 0.25) is 0 Å². The van der Waals surface area contributed by atoms with Crippen LogP contribution in [0.15, 0.2) is 108 Å². The Morgan fingerprint density at radius 3 is 1.75 bits per heavy atom. The van der Waals surface area contributed by atoms with Crippen molar-refractivity contribution in [3.8, 4) is 33.9 Å². The van der Waals surface area contributed by atoms with E-state index >= 15 is 0 Å². The summed E-state index contributed by atoms with van der Waals surface area (Å²) in [4.78, 5) is 29.6. The average molecular weight is 530 g/mol. The monoisotopic (exact) mass is 529 g/mol. The lowest BCUT2D eigenvalue weighted by molar-refractivity contribution is -0.114. The third kappa shape index (κ3) is 6.02. The number of amides is 2. The number of aromatic nitrogens is 1. The number of anilines is 2. The molecule has 2 N–H and O–H groups in total. The van der Waals surface area contributed by atoms with Gasteiger partial charge in [-0.25, -0.2) is 4.98 Å². The van der Waals surface area contributed by atoms with Crippen molar-refractivity contribution < 1.29 is 14.0 Å². The molecule has 0 bridgehead atoms. The first-order chi connectivity index (χ1) is 19.2. The highest BCUT2D eigenvalue weighted by Crippen LogP contribution is 2.33. The minimum Gasteiger partial charge on any atom is -0.435 e. The van der Waals surface area contributed by atoms with Crippen LogP contribution < -0.4 is 10.6 Å². The van der Waals surface area contributed by atoms with Gasteiger partial charge in [-0.15, -0.1) is 0 Å². The molecule has 2 amide bonds. The summed E-state index contributed by atoms with van der Waals surface area (Å²) in [5, 5.41) is 5.71. The Labute approximate surface area is 234 Å². The quantitative estimate of drug-likeness (QED) is 0.232. The fourth-order valence-electron chi connectivity index (χ4n) is 4.38. The molecule has 6 heteroatoms. The first kappa shape index (κ1) is 26.6. The van der Waals surface area contributed by atoms with Gasteiger partial charge in [0.15, 0.2) is 11.5 Å². The highest BCUT2D eigenvalue weighted by molar-refractivity contribution is 6.07. The van der Waals surface area contributed by atoms with Gasteiger partial charge in [-0.05, 0) is 70.6 Å². The number of benzene rings is 4. The lowest BCUT2D eigenvalue weighted by atomic mass is 9.87. The van der Waals surface area contributed by atoms with Crippen LogP contribution in [0.1, 0.15) is 43.7 Å². The van der Waals surface area contributed by atoms with Gasteiger partial charge in [-0.2, -0.15) is 0 Å². The zero-order chi connectivity index (χ0) is 28.3. The van der Waals surface area contributed by atoms with E-state index in [9.17, 15) is 9.59 Å². The van der Waals surface area contributed by atoms with Crippen molar-refractivity contribution in [1.29, 1.82) is 0 Å². The standard InChI is InChI=1S/C34H31N3O3/c1-22(38)35-28-20-14-25(15-21-28)31-30(37-33(40-31)26-10-16-27(17-11-26)34(2,3)4)32(39)36-29-18-12-24(13-19-29)23-8-6-5-7-9-23/h5-21H,1-4H3,(H,35,38)(H,36,39). The molecule has 40 heavy (non-hydrogen) atoms. The molecule has 0 spiro atoms. The predicted octanol–water partition coefficient (Wildman–Crippen LogP) is 8.18. The summed E-state index contributed by atoms with van der Waals surface area (Å²) < 4.78 is 6.21. The van der Waals surface area contributed by atoms with Gasteiger partial charge in [-0.3, -0.25) is 9.59 Å². The van der Waals surface area contributed by atoms with Crippen LogP contribution in [0.4, 0.5) is 11.4 Å². The Morgan fingerprint density at radius 2 is 1.18 bits per heavy atom. The number of oxazole rings is 1. The summed E-state index contributed by atoms with van der Waals surface area (Å²) in [6, 6.07) is 32.9. The Kier molecular flexibility index (Phi) is 7.34. The zero-order valence-corrected chi connectivity index (χ0v) is 23.0. The van der Waals surface area contributed by atoms with Gasteiger partial charge in [-0.1, -0.05) is 75.4 Å². The molecular weight excluding hydrogens is 498 g/mol. The highest BCUT2D eigenvalue weighted by atomic mass is 16.4. The molecule has 0 saturated carbocycles. The van der Waals surface area contributed by atoms with Gasteiger partial charge in [0.1, 0.15) is 0 Å². The summed E-state index contributed by atoms with van der Waals surface area (Å²) in [5.74, 6) is 0.162. The van der Waals surface area contributed by atoms with E-state index in [1.54, 1.807) is 24.3 Å². The van der Waals surface area contributed by atoms with Crippen LogP contribution >= 0.6 is 0 Å². The van der Waals surface area contributed by atoms with E-state index in [0.29, 0.717) is 28.6 Å². The third-order valence-electron chi connectivity index (χ3n) is 6.56. The topological polar surface area (TPSA) is 84.2 Å². The molecule has 0 fully saturated rings. The molecular formula is C34H31N3O3. The minimum absolute atomic E-state index is 0.0110. The maximum Gasteiger partial charge on any atom is 0.278 e. The molecule has 0 aliphatic rings. The summed E-state index contributed by atoms with van der Waals surface area (Å²) in [6.07, 6.45) is 0. The van der Waals surface area contributed by atoms with E-state index in [1.165, 1.54) is 12.5 Å². The lowest BCUT2D eigenvalue weighted by Crippen LogP contribution is -2.13. The molecule has 5 rings (SSSR count). The van der Waals surface area contributed by atoms with Crippen LogP contribution in [-0.2, 0) is 10.2 Å². The molecule has 0 aliphatic carbocycles. The van der Waals surface area contributed by atoms with Crippen molar-refractivity contribution in [2.75, 3.05) is 10.6 Å². The highest BCUT2D eigenvalue weighted by Gasteiger charge is 2.23. The smallest absolute Gasteiger partial charge is 0.278 e. The minimum atomic E-state index is -0.380. The van der Waals surface area contributed by atoms with E-state index in [0.717, 1.165) is 16.7 Å². The summed E-state index contributed by atoms with van der Waals surface area (Å²) in [7, 11) is 0.